The molecular weight excluding hydrogens is 311 g/mol. The van der Waals surface area contributed by atoms with E-state index in [-0.39, 0.29) is 22.9 Å². The van der Waals surface area contributed by atoms with E-state index in [0.29, 0.717) is 11.1 Å². The molecule has 1 saturated heterocycles. The molecular formula is C18H19FN2O3. The quantitative estimate of drug-likeness (QED) is 0.907. The van der Waals surface area contributed by atoms with Gasteiger partial charge < -0.3 is 15.0 Å². The lowest BCUT2D eigenvalue weighted by Crippen LogP contribution is -2.27. The van der Waals surface area contributed by atoms with Crippen LogP contribution in [0.4, 0.5) is 4.39 Å². The van der Waals surface area contributed by atoms with Crippen molar-refractivity contribution < 1.29 is 14.3 Å². The molecule has 1 aromatic carbocycles. The van der Waals surface area contributed by atoms with Crippen LogP contribution in [0.2, 0.25) is 0 Å². The van der Waals surface area contributed by atoms with Crippen molar-refractivity contribution in [2.24, 2.45) is 0 Å². The smallest absolute Gasteiger partial charge is 0.341 e. The van der Waals surface area contributed by atoms with E-state index in [1.54, 1.807) is 6.07 Å². The highest BCUT2D eigenvalue weighted by Crippen LogP contribution is 2.38. The normalized spacial score (nSPS) is 18.9. The maximum atomic E-state index is 14.6. The number of halogens is 1. The van der Waals surface area contributed by atoms with E-state index < -0.39 is 17.2 Å². The predicted octanol–water partition coefficient (Wildman–Crippen LogP) is 2.64. The lowest BCUT2D eigenvalue weighted by atomic mass is 9.89. The third-order valence-electron chi connectivity index (χ3n) is 5.10. The molecule has 1 aliphatic carbocycles. The molecule has 2 fully saturated rings. The van der Waals surface area contributed by atoms with Gasteiger partial charge in [0.15, 0.2) is 0 Å². The van der Waals surface area contributed by atoms with E-state index in [1.165, 1.54) is 12.3 Å². The fourth-order valence-corrected chi connectivity index (χ4v) is 3.64. The minimum absolute atomic E-state index is 0.137. The lowest BCUT2D eigenvalue weighted by molar-refractivity contribution is 0.0695. The van der Waals surface area contributed by atoms with Crippen LogP contribution in [0.3, 0.4) is 0 Å². The first-order valence-electron chi connectivity index (χ1n) is 8.38. The van der Waals surface area contributed by atoms with Gasteiger partial charge in [-0.25, -0.2) is 9.18 Å². The molecule has 2 aliphatic rings. The first-order chi connectivity index (χ1) is 11.6. The van der Waals surface area contributed by atoms with Crippen molar-refractivity contribution in [1.82, 2.24) is 9.88 Å². The Kier molecular flexibility index (Phi) is 3.64. The zero-order valence-electron chi connectivity index (χ0n) is 13.2. The standard InChI is InChI=1S/C18H19FN2O3/c19-15-7-13-16(8-12(15)10-3-5-20-6-4-10)21(11-1-2-11)9-14(17(13)22)18(23)24/h7-11,20H,1-6H2,(H,23,24). The van der Waals surface area contributed by atoms with Crippen molar-refractivity contribution in [2.75, 3.05) is 13.1 Å². The summed E-state index contributed by atoms with van der Waals surface area (Å²) in [6.07, 6.45) is 5.07. The Morgan fingerprint density at radius 3 is 2.54 bits per heavy atom. The number of hydrogen-bond donors (Lipinski definition) is 2. The minimum atomic E-state index is -1.26. The van der Waals surface area contributed by atoms with Gasteiger partial charge in [-0.3, -0.25) is 4.79 Å². The van der Waals surface area contributed by atoms with Crippen LogP contribution in [0, 0.1) is 5.82 Å². The maximum absolute atomic E-state index is 14.6. The zero-order chi connectivity index (χ0) is 16.8. The second kappa shape index (κ2) is 5.70. The number of piperidine rings is 1. The predicted molar refractivity (Wildman–Crippen MR) is 88.2 cm³/mol. The van der Waals surface area contributed by atoms with Crippen molar-refractivity contribution >= 4 is 16.9 Å². The Hall–Kier alpha value is -2.21. The number of benzene rings is 1. The average molecular weight is 330 g/mol. The molecule has 2 heterocycles. The van der Waals surface area contributed by atoms with Crippen LogP contribution in [0.5, 0.6) is 0 Å². The summed E-state index contributed by atoms with van der Waals surface area (Å²) >= 11 is 0. The summed E-state index contributed by atoms with van der Waals surface area (Å²) in [6.45, 7) is 1.71. The summed E-state index contributed by atoms with van der Waals surface area (Å²) in [6, 6.07) is 3.21. The van der Waals surface area contributed by atoms with Gasteiger partial charge in [-0.2, -0.15) is 0 Å². The molecule has 0 bridgehead atoms. The molecule has 1 saturated carbocycles. The molecule has 5 nitrogen and oxygen atoms in total. The number of carbonyl (C=O) groups is 1. The van der Waals surface area contributed by atoms with Gasteiger partial charge in [0.1, 0.15) is 11.4 Å². The zero-order valence-corrected chi connectivity index (χ0v) is 13.2. The number of hydrogen-bond acceptors (Lipinski definition) is 3. The molecule has 0 atom stereocenters. The van der Waals surface area contributed by atoms with Crippen molar-refractivity contribution in [3.63, 3.8) is 0 Å². The summed E-state index contributed by atoms with van der Waals surface area (Å²) in [7, 11) is 0. The third-order valence-corrected chi connectivity index (χ3v) is 5.10. The Balaban J connectivity index is 1.95. The fraction of sp³-hybridized carbons (Fsp3) is 0.444. The van der Waals surface area contributed by atoms with E-state index in [2.05, 4.69) is 5.32 Å². The van der Waals surface area contributed by atoms with Gasteiger partial charge in [0.05, 0.1) is 5.52 Å². The highest BCUT2D eigenvalue weighted by atomic mass is 19.1. The molecule has 2 N–H and O–H groups in total. The SMILES string of the molecule is O=C(O)c1cn(C2CC2)c2cc(C3CCNCC3)c(F)cc2c1=O. The van der Waals surface area contributed by atoms with Gasteiger partial charge in [0, 0.05) is 17.6 Å². The van der Waals surface area contributed by atoms with Crippen molar-refractivity contribution in [3.8, 4) is 0 Å². The number of nitrogens with zero attached hydrogens (tertiary/aromatic N) is 1. The number of nitrogens with one attached hydrogen (secondary N) is 1. The maximum Gasteiger partial charge on any atom is 0.341 e. The number of fused-ring (bicyclic) bond motifs is 1. The summed E-state index contributed by atoms with van der Waals surface area (Å²) in [5, 5.41) is 12.7. The highest BCUT2D eigenvalue weighted by molar-refractivity contribution is 5.92. The monoisotopic (exact) mass is 330 g/mol. The van der Waals surface area contributed by atoms with Crippen LogP contribution >= 0.6 is 0 Å². The molecule has 0 amide bonds. The van der Waals surface area contributed by atoms with Crippen molar-refractivity contribution in [2.45, 2.75) is 37.6 Å². The fourth-order valence-electron chi connectivity index (χ4n) is 3.64. The van der Waals surface area contributed by atoms with E-state index >= 15 is 0 Å². The Labute approximate surface area is 138 Å². The summed E-state index contributed by atoms with van der Waals surface area (Å²) in [5.74, 6) is -1.53. The van der Waals surface area contributed by atoms with Crippen LogP contribution in [0.15, 0.2) is 23.1 Å². The van der Waals surface area contributed by atoms with Gasteiger partial charge in [-0.15, -0.1) is 0 Å². The molecule has 1 aliphatic heterocycles. The number of carboxylic acid groups (broad SMARTS) is 1. The summed E-state index contributed by atoms with van der Waals surface area (Å²) in [4.78, 5) is 23.8. The molecule has 0 radical (unpaired) electrons. The second-order valence-corrected chi connectivity index (χ2v) is 6.73. The van der Waals surface area contributed by atoms with Gasteiger partial charge in [-0.05, 0) is 62.4 Å². The summed E-state index contributed by atoms with van der Waals surface area (Å²) in [5.41, 5.74) is 0.400. The first kappa shape index (κ1) is 15.3. The van der Waals surface area contributed by atoms with Crippen LogP contribution < -0.4 is 10.7 Å². The van der Waals surface area contributed by atoms with Gasteiger partial charge in [0.2, 0.25) is 5.43 Å². The van der Waals surface area contributed by atoms with Gasteiger partial charge >= 0.3 is 5.97 Å². The highest BCUT2D eigenvalue weighted by Gasteiger charge is 2.28. The molecule has 4 rings (SSSR count). The Bertz CT molecular complexity index is 880. The van der Waals surface area contributed by atoms with Gasteiger partial charge in [-0.1, -0.05) is 0 Å². The number of carboxylic acids is 1. The minimum Gasteiger partial charge on any atom is -0.477 e. The van der Waals surface area contributed by atoms with E-state index in [4.69, 9.17) is 0 Å². The van der Waals surface area contributed by atoms with E-state index in [1.807, 2.05) is 4.57 Å². The topological polar surface area (TPSA) is 71.3 Å². The number of rotatable bonds is 3. The van der Waals surface area contributed by atoms with Gasteiger partial charge in [0.25, 0.3) is 0 Å². The number of pyridine rings is 1. The molecule has 2 aromatic rings. The molecule has 0 unspecified atom stereocenters. The number of aromatic carboxylic acids is 1. The van der Waals surface area contributed by atoms with E-state index in [0.717, 1.165) is 38.8 Å². The van der Waals surface area contributed by atoms with Crippen LogP contribution in [-0.2, 0) is 0 Å². The molecule has 1 aromatic heterocycles. The average Bonchev–Trinajstić information content (AvgIpc) is 3.40. The first-order valence-corrected chi connectivity index (χ1v) is 8.38. The Morgan fingerprint density at radius 1 is 1.21 bits per heavy atom. The Morgan fingerprint density at radius 2 is 1.92 bits per heavy atom. The molecule has 0 spiro atoms. The van der Waals surface area contributed by atoms with E-state index in [9.17, 15) is 19.1 Å². The largest absolute Gasteiger partial charge is 0.477 e. The van der Waals surface area contributed by atoms with Crippen molar-refractivity contribution in [3.05, 3.63) is 45.5 Å². The summed E-state index contributed by atoms with van der Waals surface area (Å²) < 4.78 is 16.5. The third kappa shape index (κ3) is 2.51. The lowest BCUT2D eigenvalue weighted by Gasteiger charge is -2.24. The second-order valence-electron chi connectivity index (χ2n) is 6.73. The van der Waals surface area contributed by atoms with Crippen LogP contribution in [-0.4, -0.2) is 28.7 Å². The van der Waals surface area contributed by atoms with Crippen LogP contribution in [0.25, 0.3) is 10.9 Å². The molecule has 126 valence electrons. The molecule has 6 heteroatoms. The van der Waals surface area contributed by atoms with Crippen LogP contribution in [0.1, 0.15) is 53.6 Å². The molecule has 24 heavy (non-hydrogen) atoms. The number of aromatic nitrogens is 1. The van der Waals surface area contributed by atoms with Crippen molar-refractivity contribution in [1.29, 1.82) is 0 Å².